The molecule has 0 aromatic carbocycles. The number of hydrogen-bond donors (Lipinski definition) is 0. The standard InChI is InChI=1S/C23H30N6O3/c1-2-27(11-17-5-8-24-9-6-17)23(31)19-13-28(22(30)18-7-10-32-15-18)14-20-21(19)29(26-25-20)12-16-3-4-16/h5-6,8-9,16,18-19H,2-4,7,10-15H2,1H3. The van der Waals surface area contributed by atoms with Crippen LogP contribution in [0, 0.1) is 11.8 Å². The summed E-state index contributed by atoms with van der Waals surface area (Å²) in [4.78, 5) is 34.7. The van der Waals surface area contributed by atoms with Gasteiger partial charge in [-0.25, -0.2) is 4.68 Å². The lowest BCUT2D eigenvalue weighted by Gasteiger charge is -2.35. The van der Waals surface area contributed by atoms with E-state index in [0.29, 0.717) is 45.3 Å². The molecule has 0 radical (unpaired) electrons. The van der Waals surface area contributed by atoms with Gasteiger partial charge in [0.15, 0.2) is 0 Å². The molecular weight excluding hydrogens is 408 g/mol. The molecule has 32 heavy (non-hydrogen) atoms. The van der Waals surface area contributed by atoms with E-state index in [1.54, 1.807) is 17.3 Å². The fourth-order valence-corrected chi connectivity index (χ4v) is 4.71. The van der Waals surface area contributed by atoms with E-state index in [9.17, 15) is 9.59 Å². The average molecular weight is 439 g/mol. The quantitative estimate of drug-likeness (QED) is 0.652. The van der Waals surface area contributed by atoms with Crippen LogP contribution in [-0.2, 0) is 34.0 Å². The van der Waals surface area contributed by atoms with Crippen LogP contribution in [0.3, 0.4) is 0 Å². The van der Waals surface area contributed by atoms with Crippen molar-refractivity contribution in [2.24, 2.45) is 11.8 Å². The highest BCUT2D eigenvalue weighted by Gasteiger charge is 2.41. The number of rotatable bonds is 7. The third kappa shape index (κ3) is 4.26. The van der Waals surface area contributed by atoms with Crippen molar-refractivity contribution in [2.45, 2.75) is 51.7 Å². The van der Waals surface area contributed by atoms with Crippen LogP contribution in [0.4, 0.5) is 0 Å². The van der Waals surface area contributed by atoms with Crippen LogP contribution in [0.2, 0.25) is 0 Å². The van der Waals surface area contributed by atoms with Gasteiger partial charge in [0, 0.05) is 45.2 Å². The number of carbonyl (C=O) groups excluding carboxylic acids is 2. The lowest BCUT2D eigenvalue weighted by molar-refractivity contribution is -0.140. The number of hydrogen-bond acceptors (Lipinski definition) is 6. The molecule has 1 saturated carbocycles. The van der Waals surface area contributed by atoms with E-state index in [-0.39, 0.29) is 17.7 Å². The van der Waals surface area contributed by atoms with Gasteiger partial charge in [-0.15, -0.1) is 5.10 Å². The summed E-state index contributed by atoms with van der Waals surface area (Å²) < 4.78 is 7.36. The van der Waals surface area contributed by atoms with Gasteiger partial charge in [-0.2, -0.15) is 0 Å². The Balaban J connectivity index is 1.43. The topological polar surface area (TPSA) is 93.5 Å². The Kier molecular flexibility index (Phi) is 5.91. The predicted octanol–water partition coefficient (Wildman–Crippen LogP) is 1.59. The Labute approximate surface area is 187 Å². The number of pyridine rings is 1. The van der Waals surface area contributed by atoms with Crippen LogP contribution in [-0.4, -0.2) is 67.9 Å². The summed E-state index contributed by atoms with van der Waals surface area (Å²) in [7, 11) is 0. The Bertz CT molecular complexity index is 967. The van der Waals surface area contributed by atoms with Gasteiger partial charge in [0.05, 0.1) is 30.7 Å². The SMILES string of the molecule is CCN(Cc1ccncc1)C(=O)C1CN(C(=O)C2CCOC2)Cc2nnn(CC3CC3)c21. The predicted molar refractivity (Wildman–Crippen MR) is 115 cm³/mol. The van der Waals surface area contributed by atoms with E-state index in [2.05, 4.69) is 15.3 Å². The number of aromatic nitrogens is 4. The zero-order valence-corrected chi connectivity index (χ0v) is 18.5. The molecule has 2 amide bonds. The highest BCUT2D eigenvalue weighted by Crippen LogP contribution is 2.35. The minimum Gasteiger partial charge on any atom is -0.381 e. The molecule has 3 aliphatic rings. The van der Waals surface area contributed by atoms with E-state index in [1.807, 2.05) is 28.6 Å². The second-order valence-corrected chi connectivity index (χ2v) is 9.09. The summed E-state index contributed by atoms with van der Waals surface area (Å²) in [5.41, 5.74) is 2.68. The second kappa shape index (κ2) is 8.97. The van der Waals surface area contributed by atoms with E-state index in [4.69, 9.17) is 4.74 Å². The molecular formula is C23H30N6O3. The van der Waals surface area contributed by atoms with Crippen molar-refractivity contribution < 1.29 is 14.3 Å². The number of amides is 2. The first-order valence-corrected chi connectivity index (χ1v) is 11.6. The molecule has 5 rings (SSSR count). The number of ether oxygens (including phenoxy) is 1. The van der Waals surface area contributed by atoms with Gasteiger partial charge < -0.3 is 14.5 Å². The maximum atomic E-state index is 13.8. The highest BCUT2D eigenvalue weighted by molar-refractivity contribution is 5.86. The fraction of sp³-hybridized carbons (Fsp3) is 0.609. The molecule has 1 saturated heterocycles. The molecule has 2 aromatic rings. The first kappa shape index (κ1) is 21.1. The zero-order chi connectivity index (χ0) is 22.1. The van der Waals surface area contributed by atoms with E-state index < -0.39 is 5.92 Å². The second-order valence-electron chi connectivity index (χ2n) is 9.09. The zero-order valence-electron chi connectivity index (χ0n) is 18.5. The summed E-state index contributed by atoms with van der Waals surface area (Å²) in [5, 5.41) is 8.80. The molecule has 2 atom stereocenters. The van der Waals surface area contributed by atoms with Gasteiger partial charge in [-0.3, -0.25) is 14.6 Å². The van der Waals surface area contributed by atoms with E-state index in [1.165, 1.54) is 12.8 Å². The summed E-state index contributed by atoms with van der Waals surface area (Å²) in [6.45, 7) is 5.74. The summed E-state index contributed by atoms with van der Waals surface area (Å²) >= 11 is 0. The van der Waals surface area contributed by atoms with Crippen molar-refractivity contribution in [3.05, 3.63) is 41.5 Å². The molecule has 2 aromatic heterocycles. The molecule has 2 unspecified atom stereocenters. The van der Waals surface area contributed by atoms with Gasteiger partial charge in [0.25, 0.3) is 0 Å². The normalized spacial score (nSPS) is 22.6. The first-order chi connectivity index (χ1) is 15.6. The van der Waals surface area contributed by atoms with Crippen LogP contribution >= 0.6 is 0 Å². The molecule has 2 fully saturated rings. The highest BCUT2D eigenvalue weighted by atomic mass is 16.5. The third-order valence-corrected chi connectivity index (χ3v) is 6.75. The van der Waals surface area contributed by atoms with E-state index in [0.717, 1.165) is 29.9 Å². The van der Waals surface area contributed by atoms with Gasteiger partial charge in [0.1, 0.15) is 5.69 Å². The monoisotopic (exact) mass is 438 g/mol. The van der Waals surface area contributed by atoms with Crippen molar-refractivity contribution in [1.29, 1.82) is 0 Å². The number of fused-ring (bicyclic) bond motifs is 1. The largest absolute Gasteiger partial charge is 0.381 e. The Morgan fingerprint density at radius 2 is 2.03 bits per heavy atom. The van der Waals surface area contributed by atoms with Crippen molar-refractivity contribution in [3.63, 3.8) is 0 Å². The van der Waals surface area contributed by atoms with Crippen LogP contribution < -0.4 is 0 Å². The first-order valence-electron chi connectivity index (χ1n) is 11.6. The molecule has 0 N–H and O–H groups in total. The smallest absolute Gasteiger partial charge is 0.233 e. The molecule has 9 nitrogen and oxygen atoms in total. The van der Waals surface area contributed by atoms with Crippen molar-refractivity contribution in [2.75, 3.05) is 26.3 Å². The lowest BCUT2D eigenvalue weighted by atomic mass is 9.94. The van der Waals surface area contributed by atoms with E-state index >= 15 is 0 Å². The minimum absolute atomic E-state index is 0.0186. The maximum absolute atomic E-state index is 13.8. The fourth-order valence-electron chi connectivity index (χ4n) is 4.71. The maximum Gasteiger partial charge on any atom is 0.233 e. The van der Waals surface area contributed by atoms with Crippen molar-refractivity contribution in [3.8, 4) is 0 Å². The molecule has 1 aliphatic carbocycles. The Morgan fingerprint density at radius 1 is 1.22 bits per heavy atom. The van der Waals surface area contributed by atoms with Gasteiger partial charge >= 0.3 is 0 Å². The van der Waals surface area contributed by atoms with Crippen LogP contribution in [0.15, 0.2) is 24.5 Å². The average Bonchev–Trinajstić information content (AvgIpc) is 3.30. The summed E-state index contributed by atoms with van der Waals surface area (Å²) in [5.74, 6) is 0.101. The van der Waals surface area contributed by atoms with Gasteiger partial charge in [0.2, 0.25) is 11.8 Å². The van der Waals surface area contributed by atoms with Crippen LogP contribution in [0.25, 0.3) is 0 Å². The van der Waals surface area contributed by atoms with Gasteiger partial charge in [-0.05, 0) is 49.8 Å². The number of likely N-dealkylation sites (N-methyl/N-ethyl adjacent to an activating group) is 1. The Hall–Kier alpha value is -2.81. The lowest BCUT2D eigenvalue weighted by Crippen LogP contribution is -2.47. The summed E-state index contributed by atoms with van der Waals surface area (Å²) in [6.07, 6.45) is 6.61. The molecule has 0 spiro atoms. The van der Waals surface area contributed by atoms with Crippen LogP contribution in [0.1, 0.15) is 49.1 Å². The third-order valence-electron chi connectivity index (χ3n) is 6.75. The van der Waals surface area contributed by atoms with Crippen molar-refractivity contribution >= 4 is 11.8 Å². The molecule has 9 heteroatoms. The number of nitrogens with zero attached hydrogens (tertiary/aromatic N) is 6. The molecule has 170 valence electrons. The van der Waals surface area contributed by atoms with Crippen molar-refractivity contribution in [1.82, 2.24) is 29.8 Å². The molecule has 2 aliphatic heterocycles. The molecule has 4 heterocycles. The summed E-state index contributed by atoms with van der Waals surface area (Å²) in [6, 6.07) is 3.86. The number of carbonyl (C=O) groups is 2. The van der Waals surface area contributed by atoms with Crippen LogP contribution in [0.5, 0.6) is 0 Å². The minimum atomic E-state index is -0.458. The Morgan fingerprint density at radius 3 is 2.72 bits per heavy atom. The van der Waals surface area contributed by atoms with Gasteiger partial charge in [-0.1, -0.05) is 5.21 Å². The molecule has 0 bridgehead atoms.